The number of hydrogen-bond acceptors (Lipinski definition) is 3. The molecule has 20 heavy (non-hydrogen) atoms. The molecule has 0 spiro atoms. The summed E-state index contributed by atoms with van der Waals surface area (Å²) >= 11 is 0. The average molecular weight is 281 g/mol. The number of aromatic nitrogens is 2. The molecule has 2 unspecified atom stereocenters. The highest BCUT2D eigenvalue weighted by atomic mass is 16.5. The summed E-state index contributed by atoms with van der Waals surface area (Å²) in [7, 11) is 1.74. The van der Waals surface area contributed by atoms with Gasteiger partial charge in [0.2, 0.25) is 0 Å². The summed E-state index contributed by atoms with van der Waals surface area (Å²) in [6.45, 7) is 9.42. The van der Waals surface area contributed by atoms with Gasteiger partial charge in [0.1, 0.15) is 0 Å². The Hall–Kier alpha value is -0.870. The third-order valence-corrected chi connectivity index (χ3v) is 3.82. The first-order valence-corrected chi connectivity index (χ1v) is 7.94. The highest BCUT2D eigenvalue weighted by molar-refractivity contribution is 5.01. The van der Waals surface area contributed by atoms with E-state index >= 15 is 0 Å². The topological polar surface area (TPSA) is 39.1 Å². The van der Waals surface area contributed by atoms with E-state index in [-0.39, 0.29) is 0 Å². The molecule has 0 aliphatic rings. The maximum atomic E-state index is 5.07. The Balaban J connectivity index is 2.45. The van der Waals surface area contributed by atoms with E-state index in [4.69, 9.17) is 9.84 Å². The van der Waals surface area contributed by atoms with E-state index in [1.54, 1.807) is 7.11 Å². The Labute approximate surface area is 123 Å². The second-order valence-electron chi connectivity index (χ2n) is 5.60. The van der Waals surface area contributed by atoms with Gasteiger partial charge in [-0.1, -0.05) is 20.3 Å². The van der Waals surface area contributed by atoms with Crippen LogP contribution in [0.15, 0.2) is 12.3 Å². The van der Waals surface area contributed by atoms with Gasteiger partial charge in [-0.15, -0.1) is 0 Å². The van der Waals surface area contributed by atoms with Gasteiger partial charge < -0.3 is 10.1 Å². The predicted molar refractivity (Wildman–Crippen MR) is 84.1 cm³/mol. The van der Waals surface area contributed by atoms with Crippen molar-refractivity contribution in [2.75, 3.05) is 26.8 Å². The van der Waals surface area contributed by atoms with Crippen LogP contribution >= 0.6 is 0 Å². The van der Waals surface area contributed by atoms with Crippen molar-refractivity contribution in [2.24, 2.45) is 5.92 Å². The van der Waals surface area contributed by atoms with Crippen molar-refractivity contribution in [1.82, 2.24) is 15.1 Å². The van der Waals surface area contributed by atoms with Crippen LogP contribution in [0.25, 0.3) is 0 Å². The molecule has 0 radical (unpaired) electrons. The van der Waals surface area contributed by atoms with E-state index in [9.17, 15) is 0 Å². The Morgan fingerprint density at radius 1 is 1.40 bits per heavy atom. The minimum absolute atomic E-state index is 0.494. The van der Waals surface area contributed by atoms with Gasteiger partial charge in [-0.3, -0.25) is 4.68 Å². The maximum absolute atomic E-state index is 5.07. The van der Waals surface area contributed by atoms with E-state index in [1.807, 2.05) is 0 Å². The lowest BCUT2D eigenvalue weighted by Gasteiger charge is -2.16. The lowest BCUT2D eigenvalue weighted by atomic mass is 9.98. The molecule has 0 aliphatic heterocycles. The van der Waals surface area contributed by atoms with Crippen LogP contribution in [-0.4, -0.2) is 36.6 Å². The van der Waals surface area contributed by atoms with Gasteiger partial charge in [0, 0.05) is 25.9 Å². The highest BCUT2D eigenvalue weighted by Crippen LogP contribution is 2.15. The molecule has 1 aromatic rings. The first-order chi connectivity index (χ1) is 9.71. The summed E-state index contributed by atoms with van der Waals surface area (Å²) in [5.41, 5.74) is 1.22. The van der Waals surface area contributed by atoms with Gasteiger partial charge in [0.25, 0.3) is 0 Å². The monoisotopic (exact) mass is 281 g/mol. The van der Waals surface area contributed by atoms with Gasteiger partial charge in [-0.2, -0.15) is 5.10 Å². The maximum Gasteiger partial charge on any atom is 0.0627 e. The summed E-state index contributed by atoms with van der Waals surface area (Å²) in [6, 6.07) is 2.66. The number of hydrogen-bond donors (Lipinski definition) is 1. The van der Waals surface area contributed by atoms with Crippen molar-refractivity contribution in [3.8, 4) is 0 Å². The molecule has 116 valence electrons. The minimum Gasteiger partial charge on any atom is -0.383 e. The van der Waals surface area contributed by atoms with Crippen LogP contribution in [0.2, 0.25) is 0 Å². The lowest BCUT2D eigenvalue weighted by molar-refractivity contribution is 0.197. The van der Waals surface area contributed by atoms with Gasteiger partial charge >= 0.3 is 0 Å². The van der Waals surface area contributed by atoms with Crippen molar-refractivity contribution in [3.63, 3.8) is 0 Å². The Morgan fingerprint density at radius 2 is 2.20 bits per heavy atom. The fourth-order valence-corrected chi connectivity index (χ4v) is 2.38. The molecule has 4 nitrogen and oxygen atoms in total. The van der Waals surface area contributed by atoms with E-state index in [0.717, 1.165) is 32.5 Å². The van der Waals surface area contributed by atoms with E-state index in [2.05, 4.69) is 43.0 Å². The quantitative estimate of drug-likeness (QED) is 0.634. The van der Waals surface area contributed by atoms with Crippen LogP contribution in [0.3, 0.4) is 0 Å². The van der Waals surface area contributed by atoms with Crippen LogP contribution in [0.1, 0.15) is 51.8 Å². The molecular weight excluding hydrogens is 250 g/mol. The molecular formula is C16H31N3O. The zero-order chi connectivity index (χ0) is 14.8. The molecule has 1 N–H and O–H groups in total. The summed E-state index contributed by atoms with van der Waals surface area (Å²) in [5, 5.41) is 8.18. The van der Waals surface area contributed by atoms with E-state index in [1.165, 1.54) is 18.5 Å². The number of rotatable bonds is 11. The minimum atomic E-state index is 0.494. The lowest BCUT2D eigenvalue weighted by Crippen LogP contribution is -2.27. The molecule has 0 saturated heterocycles. The molecule has 0 bridgehead atoms. The Kier molecular flexibility index (Phi) is 8.54. The van der Waals surface area contributed by atoms with Gasteiger partial charge in [0.15, 0.2) is 0 Å². The van der Waals surface area contributed by atoms with Crippen LogP contribution in [0, 0.1) is 5.92 Å². The van der Waals surface area contributed by atoms with Crippen LogP contribution < -0.4 is 5.32 Å². The first-order valence-electron chi connectivity index (χ1n) is 7.94. The molecule has 0 fully saturated rings. The molecule has 1 aromatic heterocycles. The molecule has 1 heterocycles. The molecule has 0 aliphatic carbocycles. The third-order valence-electron chi connectivity index (χ3n) is 3.82. The summed E-state index contributed by atoms with van der Waals surface area (Å²) in [5.74, 6) is 0.664. The molecule has 2 atom stereocenters. The normalized spacial score (nSPS) is 14.4. The van der Waals surface area contributed by atoms with Crippen LogP contribution in [0.4, 0.5) is 0 Å². The average Bonchev–Trinajstić information content (AvgIpc) is 2.91. The predicted octanol–water partition coefficient (Wildman–Crippen LogP) is 3.05. The van der Waals surface area contributed by atoms with E-state index < -0.39 is 0 Å². The van der Waals surface area contributed by atoms with Crippen molar-refractivity contribution >= 4 is 0 Å². The molecule has 0 aromatic carbocycles. The van der Waals surface area contributed by atoms with Crippen molar-refractivity contribution in [2.45, 2.75) is 52.5 Å². The second kappa shape index (κ2) is 9.94. The zero-order valence-corrected chi connectivity index (χ0v) is 13.6. The summed E-state index contributed by atoms with van der Waals surface area (Å²) in [6.07, 6.45) is 6.78. The Morgan fingerprint density at radius 3 is 2.85 bits per heavy atom. The van der Waals surface area contributed by atoms with Gasteiger partial charge in [-0.25, -0.2) is 0 Å². The first kappa shape index (κ1) is 17.2. The van der Waals surface area contributed by atoms with E-state index in [0.29, 0.717) is 12.0 Å². The van der Waals surface area contributed by atoms with Crippen LogP contribution in [-0.2, 0) is 11.2 Å². The fraction of sp³-hybridized carbons (Fsp3) is 0.812. The third kappa shape index (κ3) is 6.06. The fourth-order valence-electron chi connectivity index (χ4n) is 2.38. The summed E-state index contributed by atoms with van der Waals surface area (Å²) in [4.78, 5) is 0. The van der Waals surface area contributed by atoms with Gasteiger partial charge in [0.05, 0.1) is 12.3 Å². The van der Waals surface area contributed by atoms with Crippen molar-refractivity contribution in [1.29, 1.82) is 0 Å². The SMILES string of the molecule is CCCC(CNCCOC)Cc1ccn(C(C)CC)n1. The number of nitrogens with one attached hydrogen (secondary N) is 1. The van der Waals surface area contributed by atoms with Crippen LogP contribution in [0.5, 0.6) is 0 Å². The van der Waals surface area contributed by atoms with Crippen molar-refractivity contribution in [3.05, 3.63) is 18.0 Å². The molecule has 1 rings (SSSR count). The number of methoxy groups -OCH3 is 1. The number of ether oxygens (including phenoxy) is 1. The zero-order valence-electron chi connectivity index (χ0n) is 13.6. The standard InChI is InChI=1S/C16H31N3O/c1-5-7-15(13-17-9-11-20-4)12-16-8-10-19(18-16)14(3)6-2/h8,10,14-15,17H,5-7,9,11-13H2,1-4H3. The molecule has 0 saturated carbocycles. The molecule has 0 amide bonds. The highest BCUT2D eigenvalue weighted by Gasteiger charge is 2.12. The second-order valence-corrected chi connectivity index (χ2v) is 5.60. The Bertz CT molecular complexity index is 351. The largest absolute Gasteiger partial charge is 0.383 e. The number of nitrogens with zero attached hydrogens (tertiary/aromatic N) is 2. The smallest absolute Gasteiger partial charge is 0.0627 e. The molecule has 4 heteroatoms. The van der Waals surface area contributed by atoms with Gasteiger partial charge in [-0.05, 0) is 44.7 Å². The van der Waals surface area contributed by atoms with Crippen molar-refractivity contribution < 1.29 is 4.74 Å². The summed E-state index contributed by atoms with van der Waals surface area (Å²) < 4.78 is 7.16.